The highest BCUT2D eigenvalue weighted by atomic mass is 35.5. The van der Waals surface area contributed by atoms with Crippen molar-refractivity contribution in [2.24, 2.45) is 0 Å². The molecule has 33 heavy (non-hydrogen) atoms. The molecule has 1 fully saturated rings. The van der Waals surface area contributed by atoms with Gasteiger partial charge >= 0.3 is 0 Å². The Kier molecular flexibility index (Phi) is 7.46. The summed E-state index contributed by atoms with van der Waals surface area (Å²) >= 11 is 7.48. The van der Waals surface area contributed by atoms with Crippen molar-refractivity contribution in [1.82, 2.24) is 15.2 Å². The quantitative estimate of drug-likeness (QED) is 0.492. The van der Waals surface area contributed by atoms with Gasteiger partial charge in [0, 0.05) is 29.7 Å². The van der Waals surface area contributed by atoms with Crippen LogP contribution in [0, 0.1) is 6.92 Å². The van der Waals surface area contributed by atoms with Gasteiger partial charge in [-0.15, -0.1) is 11.3 Å². The Hall–Kier alpha value is -2.70. The molecule has 1 saturated heterocycles. The zero-order valence-corrected chi connectivity index (χ0v) is 20.5. The highest BCUT2D eigenvalue weighted by Crippen LogP contribution is 2.30. The second-order valence-corrected chi connectivity index (χ2v) is 9.82. The molecule has 3 aromatic rings. The number of amides is 2. The number of carbonyl (C=O) groups is 2. The van der Waals surface area contributed by atoms with E-state index >= 15 is 0 Å². The van der Waals surface area contributed by atoms with Gasteiger partial charge in [0.05, 0.1) is 11.6 Å². The van der Waals surface area contributed by atoms with E-state index in [1.165, 1.54) is 11.3 Å². The van der Waals surface area contributed by atoms with Crippen molar-refractivity contribution < 1.29 is 9.59 Å². The number of hydrogen-bond acceptors (Lipinski definition) is 4. The Morgan fingerprint density at radius 2 is 1.88 bits per heavy atom. The van der Waals surface area contributed by atoms with Crippen LogP contribution >= 0.6 is 22.9 Å². The summed E-state index contributed by atoms with van der Waals surface area (Å²) in [4.78, 5) is 33.2. The molecule has 0 bridgehead atoms. The molecule has 1 aliphatic rings. The molecule has 0 saturated carbocycles. The lowest BCUT2D eigenvalue weighted by molar-refractivity contribution is -0.134. The van der Waals surface area contributed by atoms with Crippen LogP contribution in [0.3, 0.4) is 0 Å². The molecule has 172 valence electrons. The molecular weight excluding hydrogens is 454 g/mol. The van der Waals surface area contributed by atoms with Gasteiger partial charge in [0.2, 0.25) is 5.91 Å². The first-order valence-corrected chi connectivity index (χ1v) is 12.5. The van der Waals surface area contributed by atoms with Crippen LogP contribution in [0.4, 0.5) is 0 Å². The highest BCUT2D eigenvalue weighted by Gasteiger charge is 2.29. The fraction of sp³-hybridized carbons (Fsp3) is 0.346. The van der Waals surface area contributed by atoms with Gasteiger partial charge in [-0.2, -0.15) is 0 Å². The largest absolute Gasteiger partial charge is 0.348 e. The van der Waals surface area contributed by atoms with Gasteiger partial charge in [0.1, 0.15) is 9.88 Å². The first-order chi connectivity index (χ1) is 16.0. The minimum Gasteiger partial charge on any atom is -0.348 e. The molecule has 2 amide bonds. The lowest BCUT2D eigenvalue weighted by Gasteiger charge is -2.34. The lowest BCUT2D eigenvalue weighted by atomic mass is 9.93. The fourth-order valence-electron chi connectivity index (χ4n) is 4.31. The third kappa shape index (κ3) is 5.45. The van der Waals surface area contributed by atoms with Crippen LogP contribution in [-0.2, 0) is 4.79 Å². The minimum absolute atomic E-state index is 0.0504. The van der Waals surface area contributed by atoms with Gasteiger partial charge in [-0.1, -0.05) is 61.0 Å². The fourth-order valence-corrected chi connectivity index (χ4v) is 5.46. The SMILES string of the molecule is CCC(C(=O)N1CCC(NC(=O)c2sc(-c3cccc(Cl)c3)nc2C)CC1)c1ccccc1. The van der Waals surface area contributed by atoms with E-state index in [1.54, 1.807) is 0 Å². The van der Waals surface area contributed by atoms with Gasteiger partial charge in [0.25, 0.3) is 5.91 Å². The molecule has 0 aliphatic carbocycles. The molecule has 1 aliphatic heterocycles. The van der Waals surface area contributed by atoms with E-state index in [0.29, 0.717) is 28.7 Å². The maximum absolute atomic E-state index is 13.1. The van der Waals surface area contributed by atoms with Crippen LogP contribution in [-0.4, -0.2) is 40.8 Å². The van der Waals surface area contributed by atoms with Crippen molar-refractivity contribution in [3.8, 4) is 10.6 Å². The monoisotopic (exact) mass is 481 g/mol. The first kappa shape index (κ1) is 23.5. The van der Waals surface area contributed by atoms with Gasteiger partial charge < -0.3 is 10.2 Å². The Balaban J connectivity index is 1.35. The van der Waals surface area contributed by atoms with Crippen LogP contribution in [0.5, 0.6) is 0 Å². The third-order valence-corrected chi connectivity index (χ3v) is 7.56. The zero-order valence-electron chi connectivity index (χ0n) is 18.9. The third-order valence-electron chi connectivity index (χ3n) is 6.12. The number of aromatic nitrogens is 1. The Labute approximate surface area is 203 Å². The van der Waals surface area contributed by atoms with Gasteiger partial charge in [0.15, 0.2) is 0 Å². The van der Waals surface area contributed by atoms with Crippen molar-refractivity contribution in [3.63, 3.8) is 0 Å². The number of hydrogen-bond donors (Lipinski definition) is 1. The van der Waals surface area contributed by atoms with Crippen molar-refractivity contribution in [2.45, 2.75) is 45.1 Å². The second-order valence-electron chi connectivity index (χ2n) is 8.39. The van der Waals surface area contributed by atoms with Crippen LogP contribution in [0.2, 0.25) is 5.02 Å². The summed E-state index contributed by atoms with van der Waals surface area (Å²) in [5.74, 6) is -0.0289. The zero-order chi connectivity index (χ0) is 23.4. The number of thiazole rings is 1. The molecule has 1 N–H and O–H groups in total. The van der Waals surface area contributed by atoms with E-state index < -0.39 is 0 Å². The van der Waals surface area contributed by atoms with E-state index in [0.717, 1.165) is 35.4 Å². The normalized spacial score (nSPS) is 15.3. The Bertz CT molecular complexity index is 1120. The molecule has 2 aromatic carbocycles. The van der Waals surface area contributed by atoms with Crippen molar-refractivity contribution in [2.75, 3.05) is 13.1 Å². The Morgan fingerprint density at radius 1 is 1.15 bits per heavy atom. The van der Waals surface area contributed by atoms with E-state index in [-0.39, 0.29) is 23.8 Å². The number of nitrogens with zero attached hydrogens (tertiary/aromatic N) is 2. The van der Waals surface area contributed by atoms with Crippen molar-refractivity contribution >= 4 is 34.8 Å². The molecular formula is C26H28ClN3O2S. The number of benzene rings is 2. The molecule has 2 heterocycles. The first-order valence-electron chi connectivity index (χ1n) is 11.3. The average Bonchev–Trinajstić information content (AvgIpc) is 3.22. The summed E-state index contributed by atoms with van der Waals surface area (Å²) in [7, 11) is 0. The van der Waals surface area contributed by atoms with Crippen LogP contribution in [0.1, 0.15) is 53.0 Å². The molecule has 1 atom stereocenters. The molecule has 1 aromatic heterocycles. The second kappa shape index (κ2) is 10.5. The average molecular weight is 482 g/mol. The number of halogens is 1. The van der Waals surface area contributed by atoms with Gasteiger partial charge in [-0.25, -0.2) is 4.98 Å². The number of likely N-dealkylation sites (tertiary alicyclic amines) is 1. The summed E-state index contributed by atoms with van der Waals surface area (Å²) in [5.41, 5.74) is 2.69. The molecule has 0 radical (unpaired) electrons. The standard InChI is InChI=1S/C26H28ClN3O2S/c1-3-22(18-8-5-4-6-9-18)26(32)30-14-12-21(13-15-30)29-24(31)23-17(2)28-25(33-23)19-10-7-11-20(27)16-19/h4-11,16,21-22H,3,12-15H2,1-2H3,(H,29,31). The smallest absolute Gasteiger partial charge is 0.263 e. The van der Waals surface area contributed by atoms with Crippen molar-refractivity contribution in [1.29, 1.82) is 0 Å². The van der Waals surface area contributed by atoms with E-state index in [9.17, 15) is 9.59 Å². The van der Waals surface area contributed by atoms with E-state index in [1.807, 2.05) is 66.4 Å². The molecule has 4 rings (SSSR count). The Morgan fingerprint density at radius 3 is 2.55 bits per heavy atom. The van der Waals surface area contributed by atoms with Crippen LogP contribution < -0.4 is 5.32 Å². The van der Waals surface area contributed by atoms with Crippen LogP contribution in [0.25, 0.3) is 10.6 Å². The predicted molar refractivity (Wildman–Crippen MR) is 134 cm³/mol. The molecule has 5 nitrogen and oxygen atoms in total. The molecule has 0 spiro atoms. The van der Waals surface area contributed by atoms with Gasteiger partial charge in [-0.05, 0) is 43.9 Å². The lowest BCUT2D eigenvalue weighted by Crippen LogP contribution is -2.47. The molecule has 7 heteroatoms. The summed E-state index contributed by atoms with van der Waals surface area (Å²) < 4.78 is 0. The van der Waals surface area contributed by atoms with E-state index in [2.05, 4.69) is 17.2 Å². The number of aryl methyl sites for hydroxylation is 1. The maximum Gasteiger partial charge on any atom is 0.263 e. The minimum atomic E-state index is -0.109. The highest BCUT2D eigenvalue weighted by molar-refractivity contribution is 7.17. The summed E-state index contributed by atoms with van der Waals surface area (Å²) in [6.45, 7) is 5.22. The van der Waals surface area contributed by atoms with Gasteiger partial charge in [-0.3, -0.25) is 9.59 Å². The summed E-state index contributed by atoms with van der Waals surface area (Å²) in [6, 6.07) is 17.5. The topological polar surface area (TPSA) is 62.3 Å². The summed E-state index contributed by atoms with van der Waals surface area (Å²) in [5, 5.41) is 4.58. The molecule has 1 unspecified atom stereocenters. The van der Waals surface area contributed by atoms with E-state index in [4.69, 9.17) is 11.6 Å². The van der Waals surface area contributed by atoms with Crippen LogP contribution in [0.15, 0.2) is 54.6 Å². The number of nitrogens with one attached hydrogen (secondary N) is 1. The number of rotatable bonds is 6. The van der Waals surface area contributed by atoms with Crippen molar-refractivity contribution in [3.05, 3.63) is 75.8 Å². The number of carbonyl (C=O) groups excluding carboxylic acids is 2. The summed E-state index contributed by atoms with van der Waals surface area (Å²) in [6.07, 6.45) is 2.28. The maximum atomic E-state index is 13.1. The predicted octanol–water partition coefficient (Wildman–Crippen LogP) is 5.69. The number of piperidine rings is 1.